The van der Waals surface area contributed by atoms with E-state index in [1.54, 1.807) is 0 Å². The molecule has 1 saturated heterocycles. The van der Waals surface area contributed by atoms with Gasteiger partial charge < -0.3 is 28.7 Å². The molecule has 1 fully saturated rings. The Morgan fingerprint density at radius 2 is 0.725 bits per heavy atom. The van der Waals surface area contributed by atoms with E-state index in [-0.39, 0.29) is 55.8 Å². The van der Waals surface area contributed by atoms with Gasteiger partial charge in [-0.3, -0.25) is 24.0 Å². The van der Waals surface area contributed by atoms with Crippen LogP contribution in [0.3, 0.4) is 0 Å². The minimum atomic E-state index is -0.566. The van der Waals surface area contributed by atoms with Crippen molar-refractivity contribution in [1.29, 1.82) is 0 Å². The van der Waals surface area contributed by atoms with E-state index >= 15 is 0 Å². The Balaban J connectivity index is 2.54. The topological polar surface area (TPSA) is 129 Å². The van der Waals surface area contributed by atoms with Crippen LogP contribution in [0.2, 0.25) is 0 Å². The van der Waals surface area contributed by atoms with Gasteiger partial charge in [0.25, 0.3) is 0 Å². The summed E-state index contributed by atoms with van der Waals surface area (Å²) >= 11 is 0. The van der Waals surface area contributed by atoms with Crippen LogP contribution in [-0.2, 0) is 42.9 Å². The van der Waals surface area contributed by atoms with Crippen LogP contribution in [0.15, 0.2) is 0 Å². The maximum atomic E-state index is 13.0. The lowest BCUT2D eigenvalue weighted by molar-refractivity contribution is -0.158. The number of carbonyl (C=O) groups is 5. The van der Waals surface area contributed by atoms with Crippen molar-refractivity contribution in [2.24, 2.45) is 17.3 Å². The second-order valence-corrected chi connectivity index (χ2v) is 21.3. The van der Waals surface area contributed by atoms with E-state index in [4.69, 9.17) is 18.9 Å². The molecule has 2 atom stereocenters. The number of hydrogen-bond donors (Lipinski definition) is 0. The fourth-order valence-electron chi connectivity index (χ4n) is 9.41. The summed E-state index contributed by atoms with van der Waals surface area (Å²) in [6.07, 6.45) is 36.5. The van der Waals surface area contributed by atoms with Crippen LogP contribution in [0.5, 0.6) is 0 Å². The van der Waals surface area contributed by atoms with Gasteiger partial charge in [0.1, 0.15) is 13.2 Å². The quantitative estimate of drug-likeness (QED) is 0.0330. The van der Waals surface area contributed by atoms with Crippen molar-refractivity contribution >= 4 is 29.8 Å². The minimum Gasteiger partial charge on any atom is -0.465 e. The standard InChI is InChI=1S/C58H108N2O9/c1-7-11-15-19-21-27-35-51(33-25-17-13-9-3)47-66-54(62)37-29-23-31-39-56(64)68-49-58(42-45-60(46-43-58)53(61)41-44-59(5)6)50-69-57(65)40-32-24-30-38-55(63)67-48-52(34-26-18-14-10-4)36-28-22-20-16-12-8-2/h51-52H,7-50H2,1-6H3. The fraction of sp³-hybridized carbons (Fsp3) is 0.914. The van der Waals surface area contributed by atoms with Crippen LogP contribution < -0.4 is 0 Å². The van der Waals surface area contributed by atoms with Gasteiger partial charge in [0.2, 0.25) is 5.91 Å². The van der Waals surface area contributed by atoms with Crippen molar-refractivity contribution < 1.29 is 42.9 Å². The molecule has 0 radical (unpaired) electrons. The van der Waals surface area contributed by atoms with E-state index in [0.717, 1.165) is 38.5 Å². The number of piperidine rings is 1. The van der Waals surface area contributed by atoms with Crippen LogP contribution in [-0.4, -0.2) is 99.7 Å². The summed E-state index contributed by atoms with van der Waals surface area (Å²) < 4.78 is 23.2. The molecule has 11 nitrogen and oxygen atoms in total. The van der Waals surface area contributed by atoms with E-state index in [2.05, 4.69) is 27.7 Å². The summed E-state index contributed by atoms with van der Waals surface area (Å²) in [4.78, 5) is 68.1. The van der Waals surface area contributed by atoms with E-state index in [1.807, 2.05) is 23.9 Å². The first kappa shape index (κ1) is 64.3. The van der Waals surface area contributed by atoms with Crippen LogP contribution in [0, 0.1) is 17.3 Å². The molecule has 1 aliphatic rings. The van der Waals surface area contributed by atoms with Gasteiger partial charge in [0, 0.05) is 57.2 Å². The van der Waals surface area contributed by atoms with Gasteiger partial charge in [0.05, 0.1) is 13.2 Å². The molecule has 1 aliphatic heterocycles. The first-order valence-electron chi connectivity index (χ1n) is 29.0. The van der Waals surface area contributed by atoms with Gasteiger partial charge in [-0.2, -0.15) is 0 Å². The van der Waals surface area contributed by atoms with Crippen molar-refractivity contribution in [3.8, 4) is 0 Å². The number of likely N-dealkylation sites (tertiary alicyclic amines) is 1. The lowest BCUT2D eigenvalue weighted by Gasteiger charge is -2.41. The first-order valence-corrected chi connectivity index (χ1v) is 29.0. The number of ether oxygens (including phenoxy) is 4. The minimum absolute atomic E-state index is 0.102. The van der Waals surface area contributed by atoms with Crippen molar-refractivity contribution in [2.45, 2.75) is 265 Å². The van der Waals surface area contributed by atoms with Gasteiger partial charge >= 0.3 is 23.9 Å². The molecule has 0 aromatic heterocycles. The molecule has 0 N–H and O–H groups in total. The van der Waals surface area contributed by atoms with E-state index < -0.39 is 5.41 Å². The predicted molar refractivity (Wildman–Crippen MR) is 282 cm³/mol. The Kier molecular flexibility index (Phi) is 41.1. The maximum absolute atomic E-state index is 13.0. The molecule has 404 valence electrons. The van der Waals surface area contributed by atoms with Crippen molar-refractivity contribution in [2.75, 3.05) is 60.2 Å². The summed E-state index contributed by atoms with van der Waals surface area (Å²) in [5.74, 6) is 0.0933. The maximum Gasteiger partial charge on any atom is 0.305 e. The SMILES string of the molecule is CCCCCCCCC(CCCCCC)COC(=O)CCCCCC(=O)OCC1(COC(=O)CCCCCC(=O)OCC(CCCCCC)CCCCCCCC)CCN(C(=O)CCN(C)C)CC1. The van der Waals surface area contributed by atoms with Crippen molar-refractivity contribution in [1.82, 2.24) is 9.80 Å². The van der Waals surface area contributed by atoms with Crippen LogP contribution in [0.4, 0.5) is 0 Å². The molecule has 11 heteroatoms. The normalized spacial score (nSPS) is 14.4. The molecule has 0 spiro atoms. The van der Waals surface area contributed by atoms with Gasteiger partial charge in [-0.1, -0.05) is 169 Å². The summed E-state index contributed by atoms with van der Waals surface area (Å²) in [5, 5.41) is 0. The second-order valence-electron chi connectivity index (χ2n) is 21.3. The highest BCUT2D eigenvalue weighted by molar-refractivity contribution is 5.76. The zero-order chi connectivity index (χ0) is 50.6. The summed E-state index contributed by atoms with van der Waals surface area (Å²) in [5.41, 5.74) is -0.566. The third-order valence-corrected chi connectivity index (χ3v) is 14.4. The van der Waals surface area contributed by atoms with Gasteiger partial charge in [0.15, 0.2) is 0 Å². The smallest absolute Gasteiger partial charge is 0.305 e. The molecule has 0 bridgehead atoms. The number of unbranched alkanes of at least 4 members (excludes halogenated alkanes) is 20. The van der Waals surface area contributed by atoms with Gasteiger partial charge in [-0.25, -0.2) is 0 Å². The molecule has 69 heavy (non-hydrogen) atoms. The van der Waals surface area contributed by atoms with Crippen LogP contribution in [0.1, 0.15) is 265 Å². The second kappa shape index (κ2) is 44.0. The molecule has 0 saturated carbocycles. The molecule has 0 aromatic carbocycles. The number of esters is 4. The Bertz CT molecular complexity index is 1210. The van der Waals surface area contributed by atoms with Crippen LogP contribution in [0.25, 0.3) is 0 Å². The number of nitrogens with zero attached hydrogens (tertiary/aromatic N) is 2. The zero-order valence-electron chi connectivity index (χ0n) is 45.8. The van der Waals surface area contributed by atoms with Crippen LogP contribution >= 0.6 is 0 Å². The van der Waals surface area contributed by atoms with Gasteiger partial charge in [-0.05, 0) is 90.1 Å². The molecule has 1 amide bonds. The summed E-state index contributed by atoms with van der Waals surface area (Å²) in [6.45, 7) is 12.0. The monoisotopic (exact) mass is 977 g/mol. The number of carbonyl (C=O) groups excluding carboxylic acids is 5. The molecule has 0 aliphatic carbocycles. The fourth-order valence-corrected chi connectivity index (χ4v) is 9.41. The predicted octanol–water partition coefficient (Wildman–Crippen LogP) is 14.3. The molecule has 1 rings (SSSR count). The molecule has 1 heterocycles. The Labute approximate surface area is 423 Å². The number of amides is 1. The highest BCUT2D eigenvalue weighted by atomic mass is 16.6. The third-order valence-electron chi connectivity index (χ3n) is 14.4. The number of rotatable bonds is 47. The van der Waals surface area contributed by atoms with Crippen molar-refractivity contribution in [3.63, 3.8) is 0 Å². The number of hydrogen-bond acceptors (Lipinski definition) is 10. The Morgan fingerprint density at radius 1 is 0.420 bits per heavy atom. The summed E-state index contributed by atoms with van der Waals surface area (Å²) in [6, 6.07) is 0. The summed E-state index contributed by atoms with van der Waals surface area (Å²) in [7, 11) is 3.90. The lowest BCUT2D eigenvalue weighted by Crippen LogP contribution is -2.48. The average molecular weight is 978 g/mol. The Hall–Kier alpha value is -2.69. The third kappa shape index (κ3) is 36.8. The van der Waals surface area contributed by atoms with E-state index in [9.17, 15) is 24.0 Å². The lowest BCUT2D eigenvalue weighted by atomic mass is 9.79. The molecular formula is C58H108N2O9. The Morgan fingerprint density at radius 3 is 1.07 bits per heavy atom. The zero-order valence-corrected chi connectivity index (χ0v) is 45.8. The van der Waals surface area contributed by atoms with Gasteiger partial charge in [-0.15, -0.1) is 0 Å². The largest absolute Gasteiger partial charge is 0.465 e. The molecule has 2 unspecified atom stereocenters. The van der Waals surface area contributed by atoms with E-state index in [0.29, 0.717) is 102 Å². The highest BCUT2D eigenvalue weighted by Crippen LogP contribution is 2.33. The molecule has 0 aromatic rings. The highest BCUT2D eigenvalue weighted by Gasteiger charge is 2.38. The first-order chi connectivity index (χ1) is 33.5. The van der Waals surface area contributed by atoms with Crippen molar-refractivity contribution in [3.05, 3.63) is 0 Å². The average Bonchev–Trinajstić information content (AvgIpc) is 3.34. The van der Waals surface area contributed by atoms with E-state index in [1.165, 1.54) is 128 Å². The molecular weight excluding hydrogens is 869 g/mol.